The van der Waals surface area contributed by atoms with Crippen molar-refractivity contribution in [1.29, 1.82) is 0 Å². The van der Waals surface area contributed by atoms with Crippen molar-refractivity contribution < 1.29 is 22.3 Å². The second-order valence-electron chi connectivity index (χ2n) is 8.44. The van der Waals surface area contributed by atoms with Gasteiger partial charge in [0.05, 0.1) is 11.4 Å². The number of hydrogen-bond acceptors (Lipinski definition) is 4. The summed E-state index contributed by atoms with van der Waals surface area (Å²) >= 11 is 0. The number of para-hydroxylation sites is 1. The molecule has 0 N–H and O–H groups in total. The van der Waals surface area contributed by atoms with Crippen LogP contribution in [0.15, 0.2) is 53.4 Å². The predicted octanol–water partition coefficient (Wildman–Crippen LogP) is 3.89. The van der Waals surface area contributed by atoms with Crippen molar-refractivity contribution in [3.63, 3.8) is 0 Å². The smallest absolute Gasteiger partial charge is 0.243 e. The van der Waals surface area contributed by atoms with Gasteiger partial charge in [0, 0.05) is 26.1 Å². The van der Waals surface area contributed by atoms with E-state index in [0.29, 0.717) is 38.4 Å². The summed E-state index contributed by atoms with van der Waals surface area (Å²) in [7, 11) is -1.88. The van der Waals surface area contributed by atoms with Crippen LogP contribution in [0.3, 0.4) is 0 Å². The lowest BCUT2D eigenvalue weighted by Crippen LogP contribution is -2.44. The van der Waals surface area contributed by atoms with Crippen LogP contribution in [0.5, 0.6) is 5.75 Å². The molecule has 0 unspecified atom stereocenters. The SMILES string of the molecule is CC(C)c1ccc(S(=O)(=O)N2CCC(C(=O)N(C)CCOc3ccccc3F)CC2)cc1. The molecule has 1 amide bonds. The monoisotopic (exact) mass is 462 g/mol. The number of halogens is 1. The maximum atomic E-state index is 13.6. The zero-order chi connectivity index (χ0) is 23.3. The van der Waals surface area contributed by atoms with E-state index < -0.39 is 15.8 Å². The van der Waals surface area contributed by atoms with Crippen molar-refractivity contribution in [2.75, 3.05) is 33.3 Å². The molecule has 1 aliphatic heterocycles. The standard InChI is InChI=1S/C24H31FN2O4S/c1-18(2)19-8-10-21(11-9-19)32(29,30)27-14-12-20(13-15-27)24(28)26(3)16-17-31-23-7-5-4-6-22(23)25/h4-11,18,20H,12-17H2,1-3H3. The van der Waals surface area contributed by atoms with Crippen LogP contribution >= 0.6 is 0 Å². The van der Waals surface area contributed by atoms with Gasteiger partial charge < -0.3 is 9.64 Å². The van der Waals surface area contributed by atoms with Crippen molar-refractivity contribution in [2.24, 2.45) is 5.92 Å². The molecule has 1 aliphatic rings. The van der Waals surface area contributed by atoms with Crippen molar-refractivity contribution >= 4 is 15.9 Å². The number of hydrogen-bond donors (Lipinski definition) is 0. The number of nitrogens with zero attached hydrogens (tertiary/aromatic N) is 2. The number of carbonyl (C=O) groups excluding carboxylic acids is 1. The molecule has 0 spiro atoms. The normalized spacial score (nSPS) is 15.7. The van der Waals surface area contributed by atoms with E-state index in [2.05, 4.69) is 13.8 Å². The molecule has 1 heterocycles. The number of piperidine rings is 1. The maximum absolute atomic E-state index is 13.6. The van der Waals surface area contributed by atoms with E-state index >= 15 is 0 Å². The number of carbonyl (C=O) groups is 1. The molecule has 2 aromatic rings. The molecule has 0 bridgehead atoms. The van der Waals surface area contributed by atoms with Crippen LogP contribution in [0.25, 0.3) is 0 Å². The highest BCUT2D eigenvalue weighted by atomic mass is 32.2. The lowest BCUT2D eigenvalue weighted by molar-refractivity contribution is -0.135. The Labute approximate surface area is 190 Å². The number of benzene rings is 2. The zero-order valence-corrected chi connectivity index (χ0v) is 19.6. The van der Waals surface area contributed by atoms with Gasteiger partial charge in [0.2, 0.25) is 15.9 Å². The van der Waals surface area contributed by atoms with Crippen molar-refractivity contribution in [2.45, 2.75) is 37.5 Å². The molecule has 8 heteroatoms. The van der Waals surface area contributed by atoms with E-state index in [-0.39, 0.29) is 29.1 Å². The van der Waals surface area contributed by atoms with E-state index in [1.165, 1.54) is 10.4 Å². The fourth-order valence-electron chi connectivity index (χ4n) is 3.79. The summed E-state index contributed by atoms with van der Waals surface area (Å²) in [5.74, 6) is -0.214. The zero-order valence-electron chi connectivity index (χ0n) is 18.8. The minimum absolute atomic E-state index is 0.0412. The molecular weight excluding hydrogens is 431 g/mol. The Morgan fingerprint density at radius 2 is 1.75 bits per heavy atom. The fourth-order valence-corrected chi connectivity index (χ4v) is 5.26. The molecular formula is C24H31FN2O4S. The third-order valence-corrected chi connectivity index (χ3v) is 7.80. The van der Waals surface area contributed by atoms with E-state index in [9.17, 15) is 17.6 Å². The predicted molar refractivity (Wildman–Crippen MR) is 122 cm³/mol. The van der Waals surface area contributed by atoms with Gasteiger partial charge in [-0.05, 0) is 48.6 Å². The molecule has 0 radical (unpaired) electrons. The van der Waals surface area contributed by atoms with Gasteiger partial charge in [0.25, 0.3) is 0 Å². The molecule has 1 saturated heterocycles. The van der Waals surface area contributed by atoms with Crippen molar-refractivity contribution in [1.82, 2.24) is 9.21 Å². The second-order valence-corrected chi connectivity index (χ2v) is 10.4. The average molecular weight is 463 g/mol. The summed E-state index contributed by atoms with van der Waals surface area (Å²) in [4.78, 5) is 14.6. The van der Waals surface area contributed by atoms with Crippen LogP contribution in [0.2, 0.25) is 0 Å². The first-order valence-electron chi connectivity index (χ1n) is 10.9. The Balaban J connectivity index is 1.50. The van der Waals surface area contributed by atoms with E-state index in [0.717, 1.165) is 5.56 Å². The highest BCUT2D eigenvalue weighted by Crippen LogP contribution is 2.26. The van der Waals surface area contributed by atoms with Crippen LogP contribution in [0.1, 0.15) is 38.2 Å². The van der Waals surface area contributed by atoms with Gasteiger partial charge in [-0.1, -0.05) is 38.1 Å². The number of ether oxygens (including phenoxy) is 1. The van der Waals surface area contributed by atoms with Crippen LogP contribution in [-0.2, 0) is 14.8 Å². The second kappa shape index (κ2) is 10.4. The van der Waals surface area contributed by atoms with Gasteiger partial charge in [-0.2, -0.15) is 4.31 Å². The quantitative estimate of drug-likeness (QED) is 0.597. The minimum atomic E-state index is -3.57. The summed E-state index contributed by atoms with van der Waals surface area (Å²) in [6, 6.07) is 13.2. The Hall–Kier alpha value is -2.45. The minimum Gasteiger partial charge on any atom is -0.489 e. The third-order valence-electron chi connectivity index (χ3n) is 5.88. The number of sulfonamides is 1. The van der Waals surface area contributed by atoms with E-state index in [1.54, 1.807) is 42.3 Å². The average Bonchev–Trinajstić information content (AvgIpc) is 2.80. The summed E-state index contributed by atoms with van der Waals surface area (Å²) in [5.41, 5.74) is 1.09. The Bertz CT molecular complexity index is 1020. The maximum Gasteiger partial charge on any atom is 0.243 e. The first-order valence-corrected chi connectivity index (χ1v) is 12.4. The third kappa shape index (κ3) is 5.66. The highest BCUT2D eigenvalue weighted by Gasteiger charge is 2.33. The largest absolute Gasteiger partial charge is 0.489 e. The topological polar surface area (TPSA) is 66.9 Å². The van der Waals surface area contributed by atoms with Crippen LogP contribution in [0.4, 0.5) is 4.39 Å². The fraction of sp³-hybridized carbons (Fsp3) is 0.458. The van der Waals surface area contributed by atoms with Gasteiger partial charge in [-0.15, -0.1) is 0 Å². The van der Waals surface area contributed by atoms with Crippen molar-refractivity contribution in [3.05, 3.63) is 59.9 Å². The number of likely N-dealkylation sites (N-methyl/N-ethyl adjacent to an activating group) is 1. The molecule has 32 heavy (non-hydrogen) atoms. The van der Waals surface area contributed by atoms with Gasteiger partial charge in [0.15, 0.2) is 11.6 Å². The summed E-state index contributed by atoms with van der Waals surface area (Å²) < 4.78 is 46.4. The summed E-state index contributed by atoms with van der Waals surface area (Å²) in [6.45, 7) is 5.26. The molecule has 0 saturated carbocycles. The Morgan fingerprint density at radius 3 is 2.34 bits per heavy atom. The molecule has 0 aliphatic carbocycles. The van der Waals surface area contributed by atoms with Gasteiger partial charge in [-0.25, -0.2) is 12.8 Å². The Morgan fingerprint density at radius 1 is 1.12 bits per heavy atom. The first kappa shape index (κ1) is 24.2. The lowest BCUT2D eigenvalue weighted by atomic mass is 9.97. The van der Waals surface area contributed by atoms with E-state index in [1.807, 2.05) is 12.1 Å². The molecule has 2 aromatic carbocycles. The molecule has 0 atom stereocenters. The molecule has 1 fully saturated rings. The van der Waals surface area contributed by atoms with Crippen LogP contribution in [-0.4, -0.2) is 56.8 Å². The summed E-state index contributed by atoms with van der Waals surface area (Å²) in [5, 5.41) is 0. The Kier molecular flexibility index (Phi) is 7.90. The molecule has 6 nitrogen and oxygen atoms in total. The van der Waals surface area contributed by atoms with E-state index in [4.69, 9.17) is 4.74 Å². The van der Waals surface area contributed by atoms with Gasteiger partial charge in [0.1, 0.15) is 6.61 Å². The number of rotatable bonds is 8. The summed E-state index contributed by atoms with van der Waals surface area (Å²) in [6.07, 6.45) is 0.946. The van der Waals surface area contributed by atoms with Crippen molar-refractivity contribution in [3.8, 4) is 5.75 Å². The van der Waals surface area contributed by atoms with Gasteiger partial charge in [-0.3, -0.25) is 4.79 Å². The first-order chi connectivity index (χ1) is 15.2. The van der Waals surface area contributed by atoms with Gasteiger partial charge >= 0.3 is 0 Å². The molecule has 174 valence electrons. The molecule has 0 aromatic heterocycles. The van der Waals surface area contributed by atoms with Crippen LogP contribution < -0.4 is 4.74 Å². The molecule has 3 rings (SSSR count). The van der Waals surface area contributed by atoms with Crippen LogP contribution in [0, 0.1) is 11.7 Å². The number of amides is 1. The highest BCUT2D eigenvalue weighted by molar-refractivity contribution is 7.89. The lowest BCUT2D eigenvalue weighted by Gasteiger charge is -2.32.